The third-order valence-electron chi connectivity index (χ3n) is 7.34. The number of thiophene rings is 2. The van der Waals surface area contributed by atoms with Gasteiger partial charge >= 0.3 is 6.18 Å². The third-order valence-corrected chi connectivity index (χ3v) is 9.29. The number of alkyl halides is 3. The van der Waals surface area contributed by atoms with Crippen LogP contribution in [0.25, 0.3) is 6.08 Å². The van der Waals surface area contributed by atoms with Crippen LogP contribution in [0.15, 0.2) is 71.4 Å². The van der Waals surface area contributed by atoms with Crippen LogP contribution in [0.4, 0.5) is 13.2 Å². The van der Waals surface area contributed by atoms with Crippen LogP contribution in [0.1, 0.15) is 28.2 Å². The fourth-order valence-corrected chi connectivity index (χ4v) is 7.00. The quantitative estimate of drug-likeness (QED) is 0.418. The largest absolute Gasteiger partial charge is 0.542 e. The fourth-order valence-electron chi connectivity index (χ4n) is 5.27. The van der Waals surface area contributed by atoms with Gasteiger partial charge in [0.1, 0.15) is 5.97 Å². The molecule has 3 fully saturated rings. The Morgan fingerprint density at radius 1 is 1.00 bits per heavy atom. The van der Waals surface area contributed by atoms with Crippen molar-refractivity contribution in [1.29, 1.82) is 0 Å². The number of hydrogen-bond donors (Lipinski definition) is 2. The van der Waals surface area contributed by atoms with E-state index in [1.54, 1.807) is 0 Å². The Morgan fingerprint density at radius 2 is 1.56 bits per heavy atom. The van der Waals surface area contributed by atoms with Crippen molar-refractivity contribution in [3.63, 3.8) is 0 Å². The Morgan fingerprint density at radius 3 is 2.05 bits per heavy atom. The monoisotopic (exact) mass is 578 g/mol. The summed E-state index contributed by atoms with van der Waals surface area (Å²) in [6.45, 7) is 4.24. The summed E-state index contributed by atoms with van der Waals surface area (Å²) in [5.74, 6) is -2.81. The molecule has 3 aromatic rings. The summed E-state index contributed by atoms with van der Waals surface area (Å²) < 4.78 is 32.6. The highest BCUT2D eigenvalue weighted by molar-refractivity contribution is 7.12. The molecule has 5 heterocycles. The Labute approximate surface area is 232 Å². The van der Waals surface area contributed by atoms with Gasteiger partial charge in [-0.1, -0.05) is 48.5 Å². The molecule has 0 spiro atoms. The minimum atomic E-state index is -5.19. The van der Waals surface area contributed by atoms with Crippen LogP contribution in [-0.2, 0) is 15.2 Å². The lowest BCUT2D eigenvalue weighted by Gasteiger charge is -2.52. The molecule has 39 heavy (non-hydrogen) atoms. The van der Waals surface area contributed by atoms with Crippen LogP contribution in [0.2, 0.25) is 0 Å². The number of benzene rings is 1. The van der Waals surface area contributed by atoms with E-state index in [1.807, 2.05) is 41.1 Å². The van der Waals surface area contributed by atoms with Crippen LogP contribution in [0, 0.1) is 5.92 Å². The first-order valence-corrected chi connectivity index (χ1v) is 14.3. The minimum Gasteiger partial charge on any atom is -0.542 e. The number of nitrogens with zero attached hydrogens (tertiary/aromatic N) is 1. The molecule has 3 saturated heterocycles. The summed E-state index contributed by atoms with van der Waals surface area (Å²) in [5, 5.41) is 27.5. The van der Waals surface area contributed by atoms with Crippen LogP contribution in [-0.4, -0.2) is 59.9 Å². The summed E-state index contributed by atoms with van der Waals surface area (Å²) in [6.07, 6.45) is 1.54. The van der Waals surface area contributed by atoms with Crippen molar-refractivity contribution < 1.29 is 37.5 Å². The number of carboxylic acid groups (broad SMARTS) is 1. The fraction of sp³-hybridized carbons (Fsp3) is 0.357. The van der Waals surface area contributed by atoms with Crippen molar-refractivity contribution in [2.45, 2.75) is 30.7 Å². The van der Waals surface area contributed by atoms with E-state index in [9.17, 15) is 23.1 Å². The molecular weight excluding hydrogens is 549 g/mol. The maximum atomic E-state index is 13.5. The molecule has 208 valence electrons. The number of quaternary nitrogens is 1. The lowest BCUT2D eigenvalue weighted by atomic mass is 9.81. The summed E-state index contributed by atoms with van der Waals surface area (Å²) in [5.41, 5.74) is -0.397. The number of hydrogen-bond acceptors (Lipinski definition) is 6. The van der Waals surface area contributed by atoms with Crippen molar-refractivity contribution in [2.24, 2.45) is 5.92 Å². The molecule has 1 aromatic carbocycles. The summed E-state index contributed by atoms with van der Waals surface area (Å²) in [7, 11) is 0. The van der Waals surface area contributed by atoms with Crippen LogP contribution < -0.4 is 10.4 Å². The zero-order valence-corrected chi connectivity index (χ0v) is 22.6. The van der Waals surface area contributed by atoms with E-state index in [-0.39, 0.29) is 11.9 Å². The Bertz CT molecular complexity index is 1220. The maximum absolute atomic E-state index is 13.5. The molecule has 0 aliphatic carbocycles. The zero-order valence-electron chi connectivity index (χ0n) is 21.0. The Kier molecular flexibility index (Phi) is 8.95. The predicted molar refractivity (Wildman–Crippen MR) is 143 cm³/mol. The standard InChI is InChI=1S/C26H28N2O2S2.C2HF3O2/c29-25(26(30,23-10-5-17-31-23)24-11-6-18-32-24)27-22-19-28(15-12-21(22)13-16-28)14-4-9-20-7-2-1-3-8-20;3-2(4,5)1(6)7/h1-11,17-18,21-22,30H,12-16,19H2;(H,6,7)/t21?,22-,28?;/m0./s1. The molecule has 1 atom stereocenters. The average Bonchev–Trinajstić information content (AvgIpc) is 3.65. The highest BCUT2D eigenvalue weighted by atomic mass is 32.1. The summed E-state index contributed by atoms with van der Waals surface area (Å²) >= 11 is 2.85. The van der Waals surface area contributed by atoms with Gasteiger partial charge in [0, 0.05) is 12.8 Å². The first kappa shape index (κ1) is 29.0. The molecular formula is C28H29F3N2O4S2. The Hall–Kier alpha value is -2.99. The normalized spacial score (nSPS) is 22.8. The summed E-state index contributed by atoms with van der Waals surface area (Å²) in [4.78, 5) is 23.7. The molecule has 11 heteroatoms. The number of carboxylic acids is 1. The molecule has 0 radical (unpaired) electrons. The molecule has 1 amide bonds. The highest BCUT2D eigenvalue weighted by Gasteiger charge is 2.49. The number of aliphatic hydroxyl groups is 1. The maximum Gasteiger partial charge on any atom is 0.430 e. The number of piperidine rings is 3. The number of aliphatic carboxylic acids is 1. The summed E-state index contributed by atoms with van der Waals surface area (Å²) in [6, 6.07) is 18.0. The van der Waals surface area contributed by atoms with Crippen molar-refractivity contribution in [2.75, 3.05) is 26.2 Å². The van der Waals surface area contributed by atoms with Gasteiger partial charge in [0.05, 0.1) is 42.0 Å². The lowest BCUT2D eigenvalue weighted by Crippen LogP contribution is -2.68. The van der Waals surface area contributed by atoms with E-state index >= 15 is 0 Å². The minimum absolute atomic E-state index is 0.0987. The number of nitrogens with one attached hydrogen (secondary N) is 1. The van der Waals surface area contributed by atoms with Gasteiger partial charge in [-0.25, -0.2) is 0 Å². The van der Waals surface area contributed by atoms with Gasteiger partial charge in [-0.15, -0.1) is 22.7 Å². The van der Waals surface area contributed by atoms with E-state index in [0.717, 1.165) is 43.5 Å². The molecule has 6 nitrogen and oxygen atoms in total. The zero-order chi connectivity index (χ0) is 28.1. The van der Waals surface area contributed by atoms with E-state index in [4.69, 9.17) is 9.90 Å². The topological polar surface area (TPSA) is 89.5 Å². The molecule has 2 bridgehead atoms. The second-order valence-electron chi connectivity index (χ2n) is 9.83. The van der Waals surface area contributed by atoms with Crippen molar-refractivity contribution in [1.82, 2.24) is 5.32 Å². The van der Waals surface area contributed by atoms with Crippen molar-refractivity contribution >= 4 is 40.6 Å². The van der Waals surface area contributed by atoms with Gasteiger partial charge < -0.3 is 24.8 Å². The Balaban J connectivity index is 0.000000448. The average molecular weight is 579 g/mol. The first-order valence-electron chi connectivity index (χ1n) is 12.5. The molecule has 0 saturated carbocycles. The van der Waals surface area contributed by atoms with Gasteiger partial charge in [0.25, 0.3) is 5.91 Å². The third kappa shape index (κ3) is 6.78. The lowest BCUT2D eigenvalue weighted by molar-refractivity contribution is -0.938. The highest BCUT2D eigenvalue weighted by Crippen LogP contribution is 2.38. The van der Waals surface area contributed by atoms with Crippen LogP contribution in [0.5, 0.6) is 0 Å². The van der Waals surface area contributed by atoms with Gasteiger partial charge in [-0.2, -0.15) is 13.2 Å². The number of fused-ring (bicyclic) bond motifs is 3. The van der Waals surface area contributed by atoms with E-state index in [1.165, 1.54) is 28.2 Å². The van der Waals surface area contributed by atoms with Gasteiger partial charge in [0.15, 0.2) is 0 Å². The molecule has 3 aliphatic heterocycles. The number of carbonyl (C=O) groups excluding carboxylic acids is 2. The second kappa shape index (κ2) is 12.0. The molecule has 2 aromatic heterocycles. The first-order chi connectivity index (χ1) is 18.5. The van der Waals surface area contributed by atoms with E-state index in [0.29, 0.717) is 15.7 Å². The molecule has 0 unspecified atom stereocenters. The molecule has 3 aliphatic rings. The van der Waals surface area contributed by atoms with Crippen LogP contribution >= 0.6 is 22.7 Å². The van der Waals surface area contributed by atoms with Crippen molar-refractivity contribution in [3.8, 4) is 0 Å². The predicted octanol–water partition coefficient (Wildman–Crippen LogP) is 3.78. The van der Waals surface area contributed by atoms with Gasteiger partial charge in [0.2, 0.25) is 5.60 Å². The number of rotatable bonds is 7. The molecule has 2 N–H and O–H groups in total. The SMILES string of the molecule is O=C(N[C@H]1C[N+]2(CC=Cc3ccccc3)CCC1CC2)C(O)(c1cccs1)c1cccs1.O=C([O-])C(F)(F)F. The number of carbonyl (C=O) groups is 2. The van der Waals surface area contributed by atoms with Gasteiger partial charge in [-0.3, -0.25) is 4.79 Å². The van der Waals surface area contributed by atoms with E-state index in [2.05, 4.69) is 41.7 Å². The van der Waals surface area contributed by atoms with E-state index < -0.39 is 17.7 Å². The van der Waals surface area contributed by atoms with Crippen molar-refractivity contribution in [3.05, 3.63) is 86.8 Å². The smallest absolute Gasteiger partial charge is 0.430 e. The second-order valence-corrected chi connectivity index (χ2v) is 11.7. The van der Waals surface area contributed by atoms with Gasteiger partial charge in [-0.05, 0) is 40.5 Å². The molecule has 6 rings (SSSR count). The number of halogens is 3. The van der Waals surface area contributed by atoms with Crippen LogP contribution in [0.3, 0.4) is 0 Å². The number of amides is 1.